The third-order valence-corrected chi connectivity index (χ3v) is 4.92. The highest BCUT2D eigenvalue weighted by Gasteiger charge is 2.10. The first-order valence-electron chi connectivity index (χ1n) is 10.0. The number of hydrogen-bond donors (Lipinski definition) is 1. The number of nitrogens with zero attached hydrogens (tertiary/aromatic N) is 1. The Morgan fingerprint density at radius 3 is 2.13 bits per heavy atom. The van der Waals surface area contributed by atoms with Crippen molar-refractivity contribution in [1.82, 2.24) is 4.90 Å². The van der Waals surface area contributed by atoms with Gasteiger partial charge in [-0.3, -0.25) is 9.69 Å². The molecule has 0 fully saturated rings. The van der Waals surface area contributed by atoms with E-state index in [9.17, 15) is 9.18 Å². The van der Waals surface area contributed by atoms with Crippen molar-refractivity contribution < 1.29 is 14.3 Å². The molecule has 3 rings (SSSR count). The van der Waals surface area contributed by atoms with E-state index in [2.05, 4.69) is 53.5 Å². The summed E-state index contributed by atoms with van der Waals surface area (Å²) in [5.41, 5.74) is 4.93. The van der Waals surface area contributed by atoms with Crippen molar-refractivity contribution in [2.24, 2.45) is 0 Å². The second-order valence-corrected chi connectivity index (χ2v) is 7.42. The molecule has 3 aromatic carbocycles. The molecule has 4 heteroatoms. The van der Waals surface area contributed by atoms with E-state index in [1.54, 1.807) is 13.0 Å². The number of aliphatic carboxylic acids is 1. The molecular formula is C26H26FNO2. The molecule has 0 bridgehead atoms. The van der Waals surface area contributed by atoms with Crippen LogP contribution in [0, 0.1) is 12.7 Å². The summed E-state index contributed by atoms with van der Waals surface area (Å²) in [5.74, 6) is -1.05. The molecule has 3 aromatic rings. The highest BCUT2D eigenvalue weighted by atomic mass is 19.1. The van der Waals surface area contributed by atoms with Gasteiger partial charge >= 0.3 is 5.97 Å². The molecule has 0 aliphatic heterocycles. The van der Waals surface area contributed by atoms with Gasteiger partial charge in [0, 0.05) is 19.6 Å². The van der Waals surface area contributed by atoms with Gasteiger partial charge in [-0.1, -0.05) is 78.9 Å². The third kappa shape index (κ3) is 6.68. The Labute approximate surface area is 177 Å². The van der Waals surface area contributed by atoms with E-state index in [1.807, 2.05) is 24.3 Å². The minimum atomic E-state index is -0.823. The smallest absolute Gasteiger partial charge is 0.304 e. The van der Waals surface area contributed by atoms with Crippen molar-refractivity contribution in [3.63, 3.8) is 0 Å². The van der Waals surface area contributed by atoms with Crippen molar-refractivity contribution in [3.05, 3.63) is 106 Å². The number of rotatable bonds is 9. The lowest BCUT2D eigenvalue weighted by Gasteiger charge is -2.22. The molecule has 154 valence electrons. The fraction of sp³-hybridized carbons (Fsp3) is 0.192. The van der Waals surface area contributed by atoms with Gasteiger partial charge in [-0.05, 0) is 40.8 Å². The molecule has 3 nitrogen and oxygen atoms in total. The molecule has 30 heavy (non-hydrogen) atoms. The van der Waals surface area contributed by atoms with Gasteiger partial charge in [0.15, 0.2) is 0 Å². The van der Waals surface area contributed by atoms with Crippen LogP contribution in [0.3, 0.4) is 0 Å². The SMILES string of the molecule is Cc1cc(CN(CCC(=O)O)Cc2ccc(C=Cc3ccccc3)cc2)ccc1F. The van der Waals surface area contributed by atoms with Crippen molar-refractivity contribution in [2.75, 3.05) is 6.54 Å². The topological polar surface area (TPSA) is 40.5 Å². The average Bonchev–Trinajstić information content (AvgIpc) is 2.75. The Bertz CT molecular complexity index is 997. The van der Waals surface area contributed by atoms with Crippen LogP contribution in [0.2, 0.25) is 0 Å². The fourth-order valence-electron chi connectivity index (χ4n) is 3.28. The summed E-state index contributed by atoms with van der Waals surface area (Å²) in [4.78, 5) is 13.1. The molecule has 0 saturated heterocycles. The molecule has 0 aromatic heterocycles. The predicted octanol–water partition coefficient (Wildman–Crippen LogP) is 5.78. The predicted molar refractivity (Wildman–Crippen MR) is 119 cm³/mol. The molecule has 0 atom stereocenters. The summed E-state index contributed by atoms with van der Waals surface area (Å²) < 4.78 is 13.5. The maximum Gasteiger partial charge on any atom is 0.304 e. The van der Waals surface area contributed by atoms with Crippen LogP contribution in [-0.4, -0.2) is 22.5 Å². The minimum absolute atomic E-state index is 0.0675. The van der Waals surface area contributed by atoms with Crippen LogP contribution in [-0.2, 0) is 17.9 Å². The van der Waals surface area contributed by atoms with Crippen LogP contribution in [0.4, 0.5) is 4.39 Å². The second-order valence-electron chi connectivity index (χ2n) is 7.42. The Kier molecular flexibility index (Phi) is 7.52. The van der Waals surface area contributed by atoms with E-state index in [0.717, 1.165) is 22.3 Å². The zero-order valence-corrected chi connectivity index (χ0v) is 17.1. The quantitative estimate of drug-likeness (QED) is 0.460. The molecule has 0 aliphatic carbocycles. The van der Waals surface area contributed by atoms with Gasteiger partial charge in [-0.15, -0.1) is 0 Å². The van der Waals surface area contributed by atoms with Crippen LogP contribution in [0.1, 0.15) is 34.2 Å². The molecule has 1 N–H and O–H groups in total. The van der Waals surface area contributed by atoms with Gasteiger partial charge in [0.1, 0.15) is 5.82 Å². The second kappa shape index (κ2) is 10.5. The first-order chi connectivity index (χ1) is 14.5. The van der Waals surface area contributed by atoms with E-state index in [-0.39, 0.29) is 12.2 Å². The summed E-state index contributed by atoms with van der Waals surface area (Å²) in [5, 5.41) is 9.08. The van der Waals surface area contributed by atoms with Crippen molar-refractivity contribution in [3.8, 4) is 0 Å². The number of hydrogen-bond acceptors (Lipinski definition) is 2. The average molecular weight is 403 g/mol. The standard InChI is InChI=1S/C26H26FNO2/c1-20-17-24(13-14-25(20)27)19-28(16-15-26(29)30)18-23-11-9-22(10-12-23)8-7-21-5-3-2-4-6-21/h2-14,17H,15-16,18-19H2,1H3,(H,29,30). The van der Waals surface area contributed by atoms with Crippen LogP contribution in [0.5, 0.6) is 0 Å². The number of carboxylic acids is 1. The van der Waals surface area contributed by atoms with Crippen LogP contribution >= 0.6 is 0 Å². The normalized spacial score (nSPS) is 11.3. The maximum atomic E-state index is 13.5. The van der Waals surface area contributed by atoms with Gasteiger partial charge < -0.3 is 5.11 Å². The molecular weight excluding hydrogens is 377 g/mol. The molecule has 0 spiro atoms. The van der Waals surface area contributed by atoms with Gasteiger partial charge in [-0.2, -0.15) is 0 Å². The van der Waals surface area contributed by atoms with Crippen molar-refractivity contribution in [2.45, 2.75) is 26.4 Å². The Morgan fingerprint density at radius 2 is 1.50 bits per heavy atom. The lowest BCUT2D eigenvalue weighted by atomic mass is 10.1. The van der Waals surface area contributed by atoms with Gasteiger partial charge in [0.05, 0.1) is 6.42 Å². The van der Waals surface area contributed by atoms with E-state index in [1.165, 1.54) is 6.07 Å². The number of carbonyl (C=O) groups is 1. The van der Waals surface area contributed by atoms with Gasteiger partial charge in [0.2, 0.25) is 0 Å². The van der Waals surface area contributed by atoms with Crippen LogP contribution in [0.25, 0.3) is 12.2 Å². The Balaban J connectivity index is 1.67. The minimum Gasteiger partial charge on any atom is -0.481 e. The van der Waals surface area contributed by atoms with Gasteiger partial charge in [0.25, 0.3) is 0 Å². The maximum absolute atomic E-state index is 13.5. The van der Waals surface area contributed by atoms with E-state index >= 15 is 0 Å². The summed E-state index contributed by atoms with van der Waals surface area (Å²) in [6.45, 7) is 3.37. The molecule has 0 amide bonds. The first kappa shape index (κ1) is 21.5. The van der Waals surface area contributed by atoms with Crippen LogP contribution < -0.4 is 0 Å². The fourth-order valence-corrected chi connectivity index (χ4v) is 3.28. The molecule has 0 aliphatic rings. The third-order valence-electron chi connectivity index (χ3n) is 4.92. The monoisotopic (exact) mass is 403 g/mol. The van der Waals surface area contributed by atoms with E-state index in [4.69, 9.17) is 5.11 Å². The van der Waals surface area contributed by atoms with E-state index in [0.29, 0.717) is 25.2 Å². The summed E-state index contributed by atoms with van der Waals surface area (Å²) in [6.07, 6.45) is 4.21. The number of benzene rings is 3. The van der Waals surface area contributed by atoms with Crippen molar-refractivity contribution in [1.29, 1.82) is 0 Å². The van der Waals surface area contributed by atoms with Gasteiger partial charge in [-0.25, -0.2) is 4.39 Å². The summed E-state index contributed by atoms with van der Waals surface area (Å²) in [7, 11) is 0. The zero-order chi connectivity index (χ0) is 21.3. The van der Waals surface area contributed by atoms with E-state index < -0.39 is 5.97 Å². The largest absolute Gasteiger partial charge is 0.481 e. The molecule has 0 heterocycles. The molecule has 0 saturated carbocycles. The Hall–Kier alpha value is -3.24. The lowest BCUT2D eigenvalue weighted by molar-refractivity contribution is -0.137. The number of halogens is 1. The van der Waals surface area contributed by atoms with Crippen molar-refractivity contribution >= 4 is 18.1 Å². The molecule has 0 radical (unpaired) electrons. The highest BCUT2D eigenvalue weighted by Crippen LogP contribution is 2.16. The first-order valence-corrected chi connectivity index (χ1v) is 10.0. The number of aryl methyl sites for hydroxylation is 1. The highest BCUT2D eigenvalue weighted by molar-refractivity contribution is 5.69. The summed E-state index contributed by atoms with van der Waals surface area (Å²) in [6, 6.07) is 23.4. The number of carboxylic acid groups (broad SMARTS) is 1. The zero-order valence-electron chi connectivity index (χ0n) is 17.1. The Morgan fingerprint density at radius 1 is 0.900 bits per heavy atom. The molecule has 0 unspecified atom stereocenters. The van der Waals surface area contributed by atoms with Crippen LogP contribution in [0.15, 0.2) is 72.8 Å². The lowest BCUT2D eigenvalue weighted by Crippen LogP contribution is -2.25. The summed E-state index contributed by atoms with van der Waals surface area (Å²) >= 11 is 0.